The van der Waals surface area contributed by atoms with E-state index in [1.165, 1.54) is 0 Å². The molecule has 0 bridgehead atoms. The minimum atomic E-state index is 0.170. The Morgan fingerprint density at radius 1 is 0.929 bits per heavy atom. The summed E-state index contributed by atoms with van der Waals surface area (Å²) < 4.78 is 0. The molecule has 0 aromatic carbocycles. The first-order valence-corrected chi connectivity index (χ1v) is 5.37. The smallest absolute Gasteiger partial charge is 0.0558 e. The maximum absolute atomic E-state index is 8.78. The predicted molar refractivity (Wildman–Crippen MR) is 58.4 cm³/mol. The third kappa shape index (κ3) is 7.26. The summed E-state index contributed by atoms with van der Waals surface area (Å²) in [7, 11) is 2.10. The van der Waals surface area contributed by atoms with E-state index in [2.05, 4.69) is 23.8 Å². The van der Waals surface area contributed by atoms with E-state index in [1.54, 1.807) is 0 Å². The summed E-state index contributed by atoms with van der Waals surface area (Å²) in [4.78, 5) is 4.35. The van der Waals surface area contributed by atoms with Gasteiger partial charge in [-0.25, -0.2) is 0 Å². The Morgan fingerprint density at radius 3 is 1.93 bits per heavy atom. The normalized spacial score (nSPS) is 11.6. The highest BCUT2D eigenvalue weighted by molar-refractivity contribution is 4.58. The van der Waals surface area contributed by atoms with E-state index in [0.717, 1.165) is 26.1 Å². The lowest BCUT2D eigenvalue weighted by Crippen LogP contribution is -2.32. The molecule has 0 aromatic rings. The monoisotopic (exact) mass is 204 g/mol. The number of hydrogen-bond donors (Lipinski definition) is 2. The lowest BCUT2D eigenvalue weighted by Gasteiger charge is -2.21. The molecule has 0 saturated carbocycles. The van der Waals surface area contributed by atoms with Crippen LogP contribution in [-0.4, -0.2) is 73.0 Å². The molecule has 0 atom stereocenters. The Balaban J connectivity index is 3.49. The van der Waals surface area contributed by atoms with Crippen molar-refractivity contribution in [2.24, 2.45) is 0 Å². The van der Waals surface area contributed by atoms with Gasteiger partial charge in [-0.15, -0.1) is 0 Å². The van der Waals surface area contributed by atoms with Crippen molar-refractivity contribution in [2.45, 2.75) is 13.3 Å². The van der Waals surface area contributed by atoms with Crippen molar-refractivity contribution < 1.29 is 10.2 Å². The van der Waals surface area contributed by atoms with Gasteiger partial charge in [-0.3, -0.25) is 4.90 Å². The van der Waals surface area contributed by atoms with E-state index in [4.69, 9.17) is 10.2 Å². The molecule has 0 heterocycles. The molecule has 0 saturated heterocycles. The molecular formula is C10H24N2O2. The Hall–Kier alpha value is -0.160. The van der Waals surface area contributed by atoms with Gasteiger partial charge in [-0.1, -0.05) is 6.92 Å². The Morgan fingerprint density at radius 2 is 1.50 bits per heavy atom. The minimum absolute atomic E-state index is 0.170. The zero-order valence-corrected chi connectivity index (χ0v) is 9.45. The summed E-state index contributed by atoms with van der Waals surface area (Å²) in [6.07, 6.45) is 1.09. The minimum Gasteiger partial charge on any atom is -0.395 e. The zero-order valence-electron chi connectivity index (χ0n) is 9.45. The van der Waals surface area contributed by atoms with Crippen molar-refractivity contribution in [2.75, 3.05) is 53.0 Å². The summed E-state index contributed by atoms with van der Waals surface area (Å²) >= 11 is 0. The lowest BCUT2D eigenvalue weighted by atomic mass is 10.3. The number of hydrogen-bond acceptors (Lipinski definition) is 4. The van der Waals surface area contributed by atoms with Crippen LogP contribution in [0.15, 0.2) is 0 Å². The molecule has 4 heteroatoms. The summed E-state index contributed by atoms with van der Waals surface area (Å²) in [6, 6.07) is 0. The fourth-order valence-electron chi connectivity index (χ4n) is 1.34. The summed E-state index contributed by atoms with van der Waals surface area (Å²) in [5, 5.41) is 17.6. The first-order valence-electron chi connectivity index (χ1n) is 5.37. The molecule has 0 aliphatic heterocycles. The highest BCUT2D eigenvalue weighted by atomic mass is 16.3. The molecule has 0 radical (unpaired) electrons. The van der Waals surface area contributed by atoms with Crippen LogP contribution in [0.4, 0.5) is 0 Å². The SMILES string of the molecule is CCN(C)CCCN(CCO)CCO. The highest BCUT2D eigenvalue weighted by Crippen LogP contribution is 1.93. The molecule has 0 amide bonds. The molecule has 2 N–H and O–H groups in total. The van der Waals surface area contributed by atoms with Gasteiger partial charge < -0.3 is 15.1 Å². The van der Waals surface area contributed by atoms with E-state index < -0.39 is 0 Å². The van der Waals surface area contributed by atoms with Gasteiger partial charge in [0.1, 0.15) is 0 Å². The molecule has 0 aromatic heterocycles. The fraction of sp³-hybridized carbons (Fsp3) is 1.00. The second-order valence-corrected chi connectivity index (χ2v) is 3.54. The van der Waals surface area contributed by atoms with E-state index in [0.29, 0.717) is 13.1 Å². The highest BCUT2D eigenvalue weighted by Gasteiger charge is 2.03. The Kier molecular flexibility index (Phi) is 9.29. The molecule has 0 aliphatic carbocycles. The Labute approximate surface area is 87.1 Å². The van der Waals surface area contributed by atoms with E-state index in [9.17, 15) is 0 Å². The van der Waals surface area contributed by atoms with Crippen LogP contribution in [0.2, 0.25) is 0 Å². The van der Waals surface area contributed by atoms with Crippen LogP contribution in [0, 0.1) is 0 Å². The average molecular weight is 204 g/mol. The third-order valence-corrected chi connectivity index (χ3v) is 2.39. The largest absolute Gasteiger partial charge is 0.395 e. The van der Waals surface area contributed by atoms with Gasteiger partial charge in [0, 0.05) is 13.1 Å². The van der Waals surface area contributed by atoms with Gasteiger partial charge in [0.25, 0.3) is 0 Å². The number of nitrogens with zero attached hydrogens (tertiary/aromatic N) is 2. The lowest BCUT2D eigenvalue weighted by molar-refractivity contribution is 0.156. The first-order chi connectivity index (χ1) is 6.74. The number of rotatable bonds is 9. The van der Waals surface area contributed by atoms with Gasteiger partial charge in [0.15, 0.2) is 0 Å². The van der Waals surface area contributed by atoms with E-state index in [1.807, 2.05) is 0 Å². The molecule has 0 spiro atoms. The maximum atomic E-state index is 8.78. The van der Waals surface area contributed by atoms with Gasteiger partial charge >= 0.3 is 0 Å². The maximum Gasteiger partial charge on any atom is 0.0558 e. The van der Waals surface area contributed by atoms with Gasteiger partial charge in [-0.2, -0.15) is 0 Å². The zero-order chi connectivity index (χ0) is 10.8. The topological polar surface area (TPSA) is 46.9 Å². The summed E-state index contributed by atoms with van der Waals surface area (Å²) in [6.45, 7) is 6.90. The van der Waals surface area contributed by atoms with Crippen molar-refractivity contribution in [3.8, 4) is 0 Å². The predicted octanol–water partition coefficient (Wildman–Crippen LogP) is -0.385. The van der Waals surface area contributed by atoms with Crippen molar-refractivity contribution in [1.82, 2.24) is 9.80 Å². The number of aliphatic hydroxyl groups is 2. The van der Waals surface area contributed by atoms with Gasteiger partial charge in [-0.05, 0) is 33.1 Å². The third-order valence-electron chi connectivity index (χ3n) is 2.39. The molecule has 0 aliphatic rings. The van der Waals surface area contributed by atoms with Crippen LogP contribution in [-0.2, 0) is 0 Å². The van der Waals surface area contributed by atoms with Crippen molar-refractivity contribution in [1.29, 1.82) is 0 Å². The molecule has 0 rings (SSSR count). The molecule has 4 nitrogen and oxygen atoms in total. The van der Waals surface area contributed by atoms with Crippen molar-refractivity contribution in [3.63, 3.8) is 0 Å². The van der Waals surface area contributed by atoms with Crippen LogP contribution >= 0.6 is 0 Å². The van der Waals surface area contributed by atoms with Crippen molar-refractivity contribution in [3.05, 3.63) is 0 Å². The van der Waals surface area contributed by atoms with Gasteiger partial charge in [0.2, 0.25) is 0 Å². The van der Waals surface area contributed by atoms with Crippen LogP contribution in [0.3, 0.4) is 0 Å². The van der Waals surface area contributed by atoms with Crippen LogP contribution < -0.4 is 0 Å². The average Bonchev–Trinajstić information content (AvgIpc) is 2.18. The molecule has 14 heavy (non-hydrogen) atoms. The molecule has 0 fully saturated rings. The van der Waals surface area contributed by atoms with E-state index >= 15 is 0 Å². The fourth-order valence-corrected chi connectivity index (χ4v) is 1.34. The van der Waals surface area contributed by atoms with Crippen molar-refractivity contribution >= 4 is 0 Å². The Bertz CT molecular complexity index is 117. The first kappa shape index (κ1) is 13.8. The summed E-state index contributed by atoms with van der Waals surface area (Å²) in [5.74, 6) is 0. The van der Waals surface area contributed by atoms with Crippen LogP contribution in [0.1, 0.15) is 13.3 Å². The molecule has 0 unspecified atom stereocenters. The van der Waals surface area contributed by atoms with Crippen LogP contribution in [0.5, 0.6) is 0 Å². The van der Waals surface area contributed by atoms with Crippen LogP contribution in [0.25, 0.3) is 0 Å². The molecular weight excluding hydrogens is 180 g/mol. The summed E-state index contributed by atoms with van der Waals surface area (Å²) in [5.41, 5.74) is 0. The number of aliphatic hydroxyl groups excluding tert-OH is 2. The van der Waals surface area contributed by atoms with E-state index in [-0.39, 0.29) is 13.2 Å². The quantitative estimate of drug-likeness (QED) is 0.537. The standard InChI is InChI=1S/C10H24N2O2/c1-3-11(2)5-4-6-12(7-9-13)8-10-14/h13-14H,3-10H2,1-2H3. The second kappa shape index (κ2) is 9.40. The second-order valence-electron chi connectivity index (χ2n) is 3.54. The van der Waals surface area contributed by atoms with Gasteiger partial charge in [0.05, 0.1) is 13.2 Å². The molecule has 86 valence electrons.